The Morgan fingerprint density at radius 3 is 2.22 bits per heavy atom. The van der Waals surface area contributed by atoms with Gasteiger partial charge in [0.25, 0.3) is 5.91 Å². The van der Waals surface area contributed by atoms with Crippen LogP contribution in [0.2, 0.25) is 0 Å². The van der Waals surface area contributed by atoms with Gasteiger partial charge in [-0.05, 0) is 63.3 Å². The standard InChI is InChI=1S/C18H28NO2P.Y/c1-5-22(9-7-6-8-10-22)13-17(20)19-18-14(2)11-16(21-4)12-15(18)3;/h11-12H,5-10,13H2,1-4H3;/p+1. The van der Waals surface area contributed by atoms with Crippen molar-refractivity contribution in [1.82, 2.24) is 0 Å². The maximum Gasteiger partial charge on any atom is 0.261 e. The average molecular weight is 411 g/mol. The molecule has 0 saturated carbocycles. The van der Waals surface area contributed by atoms with Crippen LogP contribution in [0.3, 0.4) is 0 Å². The zero-order chi connectivity index (χ0) is 16.2. The molecule has 2 rings (SSSR count). The molecule has 1 fully saturated rings. The van der Waals surface area contributed by atoms with Crippen LogP contribution in [0.1, 0.15) is 37.3 Å². The Hall–Kier alpha value is 0.0239. The number of amides is 1. The van der Waals surface area contributed by atoms with Crippen molar-refractivity contribution in [2.45, 2.75) is 40.0 Å². The molecule has 5 heteroatoms. The Kier molecular flexibility index (Phi) is 8.69. The van der Waals surface area contributed by atoms with Gasteiger partial charge in [0, 0.05) is 45.7 Å². The molecule has 1 aromatic rings. The van der Waals surface area contributed by atoms with Gasteiger partial charge in [0.05, 0.1) is 25.6 Å². The molecule has 1 aliphatic heterocycles. The quantitative estimate of drug-likeness (QED) is 0.727. The van der Waals surface area contributed by atoms with Crippen LogP contribution < -0.4 is 10.1 Å². The van der Waals surface area contributed by atoms with Gasteiger partial charge in [0.1, 0.15) is 11.9 Å². The molecule has 0 aromatic heterocycles. The van der Waals surface area contributed by atoms with E-state index in [1.165, 1.54) is 37.7 Å². The minimum atomic E-state index is -1.05. The SMILES string of the molecule is CC[P+]1(CC(=O)Nc2c(C)cc(OC)cc2C)CCCCC1.[Y]. The third-order valence-electron chi connectivity index (χ3n) is 4.92. The van der Waals surface area contributed by atoms with Gasteiger partial charge in [-0.15, -0.1) is 0 Å². The van der Waals surface area contributed by atoms with Crippen LogP contribution in [0.4, 0.5) is 5.69 Å². The molecule has 0 atom stereocenters. The maximum atomic E-state index is 12.6. The molecule has 1 aliphatic rings. The van der Waals surface area contributed by atoms with Crippen molar-refractivity contribution in [2.75, 3.05) is 37.1 Å². The molecule has 1 amide bonds. The van der Waals surface area contributed by atoms with Crippen molar-refractivity contribution < 1.29 is 42.2 Å². The number of methoxy groups -OCH3 is 1. The molecule has 0 spiro atoms. The van der Waals surface area contributed by atoms with Crippen molar-refractivity contribution in [2.24, 2.45) is 0 Å². The summed E-state index contributed by atoms with van der Waals surface area (Å²) in [4.78, 5) is 12.6. The van der Waals surface area contributed by atoms with Gasteiger partial charge < -0.3 is 10.1 Å². The van der Waals surface area contributed by atoms with Gasteiger partial charge in [-0.1, -0.05) is 0 Å². The van der Waals surface area contributed by atoms with Gasteiger partial charge in [-0.25, -0.2) is 0 Å². The number of ether oxygens (including phenoxy) is 1. The smallest absolute Gasteiger partial charge is 0.261 e. The van der Waals surface area contributed by atoms with Gasteiger partial charge in [-0.2, -0.15) is 0 Å². The van der Waals surface area contributed by atoms with E-state index in [9.17, 15) is 4.79 Å². The summed E-state index contributed by atoms with van der Waals surface area (Å²) in [7, 11) is 0.625. The summed E-state index contributed by atoms with van der Waals surface area (Å²) in [6, 6.07) is 3.96. The predicted molar refractivity (Wildman–Crippen MR) is 97.0 cm³/mol. The first kappa shape index (κ1) is 21.1. The molecule has 0 unspecified atom stereocenters. The van der Waals surface area contributed by atoms with Gasteiger partial charge in [-0.3, -0.25) is 4.79 Å². The average Bonchev–Trinajstić information content (AvgIpc) is 2.51. The monoisotopic (exact) mass is 411 g/mol. The fourth-order valence-electron chi connectivity index (χ4n) is 3.49. The first-order chi connectivity index (χ1) is 10.5. The van der Waals surface area contributed by atoms with Crippen LogP contribution >= 0.6 is 7.26 Å². The molecule has 1 aromatic carbocycles. The first-order valence-electron chi connectivity index (χ1n) is 8.30. The van der Waals surface area contributed by atoms with E-state index in [4.69, 9.17) is 4.74 Å². The predicted octanol–water partition coefficient (Wildman–Crippen LogP) is 4.47. The molecule has 1 saturated heterocycles. The summed E-state index contributed by atoms with van der Waals surface area (Å²) < 4.78 is 5.28. The summed E-state index contributed by atoms with van der Waals surface area (Å²) in [6.45, 7) is 6.32. The minimum absolute atomic E-state index is 0. The van der Waals surface area contributed by atoms with E-state index >= 15 is 0 Å². The second kappa shape index (κ2) is 9.49. The number of hydrogen-bond acceptors (Lipinski definition) is 2. The van der Waals surface area contributed by atoms with Crippen LogP contribution in [0, 0.1) is 13.8 Å². The number of rotatable bonds is 5. The third-order valence-corrected chi connectivity index (χ3v) is 9.75. The van der Waals surface area contributed by atoms with Gasteiger partial charge >= 0.3 is 0 Å². The fraction of sp³-hybridized carbons (Fsp3) is 0.611. The summed E-state index contributed by atoms with van der Waals surface area (Å²) in [5.41, 5.74) is 3.09. The van der Waals surface area contributed by atoms with Crippen molar-refractivity contribution in [3.8, 4) is 5.75 Å². The first-order valence-corrected chi connectivity index (χ1v) is 10.8. The number of carbonyl (C=O) groups is 1. The van der Waals surface area contributed by atoms with Crippen LogP contribution in [0.5, 0.6) is 5.75 Å². The molecular weight excluding hydrogens is 382 g/mol. The number of anilines is 1. The summed E-state index contributed by atoms with van der Waals surface area (Å²) >= 11 is 0. The van der Waals surface area contributed by atoms with Crippen LogP contribution in [-0.2, 0) is 37.5 Å². The van der Waals surface area contributed by atoms with E-state index in [1.807, 2.05) is 26.0 Å². The summed E-state index contributed by atoms with van der Waals surface area (Å²) in [5, 5.41) is 3.17. The maximum absolute atomic E-state index is 12.6. The molecule has 0 aliphatic carbocycles. The molecule has 3 nitrogen and oxygen atoms in total. The van der Waals surface area contributed by atoms with Gasteiger partial charge in [0.15, 0.2) is 0 Å². The third kappa shape index (κ3) is 5.51. The minimum Gasteiger partial charge on any atom is -0.497 e. The van der Waals surface area contributed by atoms with E-state index in [0.717, 1.165) is 28.7 Å². The van der Waals surface area contributed by atoms with E-state index in [0.29, 0.717) is 0 Å². The Bertz CT molecular complexity index is 519. The van der Waals surface area contributed by atoms with Crippen LogP contribution in [-0.4, -0.2) is 37.7 Å². The Morgan fingerprint density at radius 2 is 1.74 bits per heavy atom. The number of nitrogens with one attached hydrogen (secondary N) is 1. The zero-order valence-electron chi connectivity index (χ0n) is 14.9. The number of carbonyl (C=O) groups excluding carboxylic acids is 1. The van der Waals surface area contributed by atoms with Gasteiger partial charge in [0.2, 0.25) is 0 Å². The Balaban J connectivity index is 0.00000264. The van der Waals surface area contributed by atoms with E-state index in [2.05, 4.69) is 12.2 Å². The molecule has 1 heterocycles. The summed E-state index contributed by atoms with van der Waals surface area (Å²) in [5.74, 6) is 1.05. The molecule has 125 valence electrons. The van der Waals surface area contributed by atoms with Crippen molar-refractivity contribution in [3.05, 3.63) is 23.3 Å². The second-order valence-electron chi connectivity index (χ2n) is 6.51. The van der Waals surface area contributed by atoms with Crippen molar-refractivity contribution in [3.63, 3.8) is 0 Å². The topological polar surface area (TPSA) is 38.3 Å². The van der Waals surface area contributed by atoms with Crippen molar-refractivity contribution in [1.29, 1.82) is 0 Å². The van der Waals surface area contributed by atoms with E-state index in [1.54, 1.807) is 7.11 Å². The summed E-state index contributed by atoms with van der Waals surface area (Å²) in [6.07, 6.45) is 8.55. The largest absolute Gasteiger partial charge is 0.497 e. The Morgan fingerprint density at radius 1 is 1.17 bits per heavy atom. The number of benzene rings is 1. The van der Waals surface area contributed by atoms with E-state index < -0.39 is 7.26 Å². The molecule has 0 bridgehead atoms. The Labute approximate surface area is 166 Å². The van der Waals surface area contributed by atoms with Crippen molar-refractivity contribution >= 4 is 18.9 Å². The fourth-order valence-corrected chi connectivity index (χ4v) is 7.36. The normalized spacial score (nSPS) is 16.3. The number of aryl methyl sites for hydroxylation is 2. The molecular formula is C18H29NO2PY+. The molecule has 23 heavy (non-hydrogen) atoms. The molecule has 1 N–H and O–H groups in total. The number of hydrogen-bond donors (Lipinski definition) is 1. The van der Waals surface area contributed by atoms with E-state index in [-0.39, 0.29) is 38.6 Å². The zero-order valence-corrected chi connectivity index (χ0v) is 18.7. The van der Waals surface area contributed by atoms with Crippen LogP contribution in [0.25, 0.3) is 0 Å². The van der Waals surface area contributed by atoms with Crippen LogP contribution in [0.15, 0.2) is 12.1 Å². The molecule has 1 radical (unpaired) electrons. The second-order valence-corrected chi connectivity index (χ2v) is 11.0.